The van der Waals surface area contributed by atoms with Crippen LogP contribution in [0.3, 0.4) is 0 Å². The van der Waals surface area contributed by atoms with Gasteiger partial charge in [-0.25, -0.2) is 4.79 Å². The second-order valence-corrected chi connectivity index (χ2v) is 11.8. The van der Waals surface area contributed by atoms with Crippen molar-refractivity contribution in [2.45, 2.75) is 38.2 Å². The van der Waals surface area contributed by atoms with E-state index in [2.05, 4.69) is 21.5 Å². The van der Waals surface area contributed by atoms with E-state index in [0.29, 0.717) is 28.6 Å². The monoisotopic (exact) mass is 542 g/mol. The van der Waals surface area contributed by atoms with Crippen molar-refractivity contribution < 1.29 is 19.4 Å². The third-order valence-electron chi connectivity index (χ3n) is 5.93. The number of rotatable bonds is 5. The van der Waals surface area contributed by atoms with Gasteiger partial charge >= 0.3 is 12.1 Å². The molecule has 0 saturated heterocycles. The summed E-state index contributed by atoms with van der Waals surface area (Å²) < 4.78 is 12.1. The number of carbonyl (C=O) groups is 2. The van der Waals surface area contributed by atoms with Crippen LogP contribution >= 0.6 is 45.8 Å². The third-order valence-corrected chi connectivity index (χ3v) is 9.38. The second kappa shape index (κ2) is 9.28. The van der Waals surface area contributed by atoms with E-state index < -0.39 is 23.6 Å². The molecular formula is C25H19ClN2O4S3. The van der Waals surface area contributed by atoms with Crippen LogP contribution in [0.5, 0.6) is 0 Å². The first-order valence-corrected chi connectivity index (χ1v) is 13.5. The number of aryl methyl sites for hydroxylation is 1. The van der Waals surface area contributed by atoms with Crippen molar-refractivity contribution in [3.05, 3.63) is 67.3 Å². The van der Waals surface area contributed by atoms with Crippen LogP contribution < -0.4 is 5.32 Å². The quantitative estimate of drug-likeness (QED) is 0.260. The first-order chi connectivity index (χ1) is 16.8. The maximum atomic E-state index is 12.5. The number of hydrogen-bond donors (Lipinski definition) is 2. The fraction of sp³-hybridized carbons (Fsp3) is 0.240. The molecule has 178 valence electrons. The minimum absolute atomic E-state index is 0.315. The molecule has 6 nitrogen and oxygen atoms in total. The molecule has 1 aromatic carbocycles. The van der Waals surface area contributed by atoms with Crippen molar-refractivity contribution >= 4 is 73.0 Å². The van der Waals surface area contributed by atoms with E-state index in [-0.39, 0.29) is 0 Å². The van der Waals surface area contributed by atoms with Gasteiger partial charge in [-0.15, -0.1) is 22.7 Å². The summed E-state index contributed by atoms with van der Waals surface area (Å²) in [5, 5.41) is 12.2. The number of amides is 1. The number of nitrogens with zero attached hydrogens (tertiary/aromatic N) is 1. The molecule has 3 heterocycles. The lowest BCUT2D eigenvalue weighted by atomic mass is 10.1. The standard InChI is InChI=1S/C25H19ClN2O4S3/c1-13-5-3-4-6-16(13)14(2)32-24(31)27-21-17(28-35-22(21)26)8-7-15-11-18-19(33-15)12-20(34-18)25(9-10-25)23(29)30/h3-6,11-12,14H,9-10H2,1-2H3,(H,27,31)(H,29,30). The Morgan fingerprint density at radius 1 is 1.20 bits per heavy atom. The van der Waals surface area contributed by atoms with Crippen molar-refractivity contribution in [1.82, 2.24) is 4.37 Å². The fourth-order valence-corrected chi connectivity index (χ4v) is 7.08. The average Bonchev–Trinajstić information content (AvgIpc) is 3.25. The van der Waals surface area contributed by atoms with Crippen LogP contribution in [0.1, 0.15) is 52.4 Å². The summed E-state index contributed by atoms with van der Waals surface area (Å²) in [6, 6.07) is 11.6. The third kappa shape index (κ3) is 4.67. The predicted octanol–water partition coefficient (Wildman–Crippen LogP) is 7.21. The van der Waals surface area contributed by atoms with E-state index in [1.807, 2.05) is 50.2 Å². The number of aliphatic carboxylic acids is 1. The number of carbonyl (C=O) groups excluding carboxylic acids is 1. The number of benzene rings is 1. The number of nitrogens with one attached hydrogen (secondary N) is 1. The Morgan fingerprint density at radius 3 is 2.63 bits per heavy atom. The Bertz CT molecular complexity index is 1490. The van der Waals surface area contributed by atoms with E-state index in [1.54, 1.807) is 0 Å². The zero-order valence-electron chi connectivity index (χ0n) is 18.7. The lowest BCUT2D eigenvalue weighted by molar-refractivity contribution is -0.139. The van der Waals surface area contributed by atoms with Gasteiger partial charge in [0.1, 0.15) is 21.5 Å². The highest BCUT2D eigenvalue weighted by Crippen LogP contribution is 2.52. The van der Waals surface area contributed by atoms with Gasteiger partial charge in [-0.2, -0.15) is 4.37 Å². The first kappa shape index (κ1) is 23.8. The molecule has 1 fully saturated rings. The summed E-state index contributed by atoms with van der Waals surface area (Å²) in [7, 11) is 0. The van der Waals surface area contributed by atoms with Crippen LogP contribution in [-0.2, 0) is 14.9 Å². The van der Waals surface area contributed by atoms with E-state index in [4.69, 9.17) is 16.3 Å². The number of thiophene rings is 2. The molecule has 1 atom stereocenters. The number of aromatic nitrogens is 1. The molecule has 1 saturated carbocycles. The molecule has 0 spiro atoms. The largest absolute Gasteiger partial charge is 0.481 e. The second-order valence-electron chi connectivity index (χ2n) is 8.30. The van der Waals surface area contributed by atoms with Gasteiger partial charge in [0.2, 0.25) is 0 Å². The minimum atomic E-state index is -0.751. The molecule has 1 unspecified atom stereocenters. The van der Waals surface area contributed by atoms with Crippen molar-refractivity contribution in [3.63, 3.8) is 0 Å². The summed E-state index contributed by atoms with van der Waals surface area (Å²) in [4.78, 5) is 25.9. The Kier molecular flexibility index (Phi) is 6.32. The maximum Gasteiger partial charge on any atom is 0.412 e. The van der Waals surface area contributed by atoms with Crippen LogP contribution in [0, 0.1) is 18.8 Å². The lowest BCUT2D eigenvalue weighted by Crippen LogP contribution is -2.17. The number of ether oxygens (including phenoxy) is 1. The molecule has 4 aromatic rings. The number of hydrogen-bond acceptors (Lipinski definition) is 7. The number of carboxylic acid groups (broad SMARTS) is 1. The van der Waals surface area contributed by atoms with Gasteiger partial charge in [-0.3, -0.25) is 10.1 Å². The number of carboxylic acids is 1. The Balaban J connectivity index is 1.30. The summed E-state index contributed by atoms with van der Waals surface area (Å²) in [6.45, 7) is 3.78. The molecule has 10 heteroatoms. The topological polar surface area (TPSA) is 88.5 Å². The molecule has 0 radical (unpaired) electrons. The van der Waals surface area contributed by atoms with Crippen molar-refractivity contribution in [2.75, 3.05) is 5.32 Å². The summed E-state index contributed by atoms with van der Waals surface area (Å²) in [6.07, 6.45) is 0.309. The van der Waals surface area contributed by atoms with Crippen LogP contribution in [0.4, 0.5) is 10.5 Å². The highest BCUT2D eigenvalue weighted by atomic mass is 35.5. The summed E-state index contributed by atoms with van der Waals surface area (Å²) >= 11 is 10.3. The zero-order valence-corrected chi connectivity index (χ0v) is 21.9. The van der Waals surface area contributed by atoms with Gasteiger partial charge < -0.3 is 9.84 Å². The van der Waals surface area contributed by atoms with Crippen LogP contribution in [-0.4, -0.2) is 21.5 Å². The van der Waals surface area contributed by atoms with Crippen molar-refractivity contribution in [3.8, 4) is 11.8 Å². The SMILES string of the molecule is Cc1ccccc1C(C)OC(=O)Nc1c(C#Cc2cc3sc(C4(C(=O)O)CC4)cc3s2)nsc1Cl. The summed E-state index contributed by atoms with van der Waals surface area (Å²) in [5.41, 5.74) is 1.95. The van der Waals surface area contributed by atoms with Crippen LogP contribution in [0.2, 0.25) is 4.34 Å². The van der Waals surface area contributed by atoms with Gasteiger partial charge in [-0.1, -0.05) is 35.9 Å². The number of anilines is 1. The molecule has 1 aliphatic rings. The first-order valence-electron chi connectivity index (χ1n) is 10.7. The smallest absolute Gasteiger partial charge is 0.412 e. The van der Waals surface area contributed by atoms with Gasteiger partial charge in [0.25, 0.3) is 0 Å². The fourth-order valence-electron chi connectivity index (χ4n) is 3.81. The molecular weight excluding hydrogens is 524 g/mol. The summed E-state index contributed by atoms with van der Waals surface area (Å²) in [5.74, 6) is 5.33. The van der Waals surface area contributed by atoms with E-state index >= 15 is 0 Å². The van der Waals surface area contributed by atoms with E-state index in [1.165, 1.54) is 22.7 Å². The van der Waals surface area contributed by atoms with Crippen LogP contribution in [0.25, 0.3) is 9.40 Å². The van der Waals surface area contributed by atoms with Gasteiger partial charge in [0.05, 0.1) is 4.88 Å². The number of fused-ring (bicyclic) bond motifs is 1. The van der Waals surface area contributed by atoms with Crippen molar-refractivity contribution in [1.29, 1.82) is 0 Å². The normalized spacial score (nSPS) is 14.7. The van der Waals surface area contributed by atoms with Crippen LogP contribution in [0.15, 0.2) is 36.4 Å². The highest BCUT2D eigenvalue weighted by Gasteiger charge is 2.53. The Labute approximate surface area is 218 Å². The molecule has 3 aromatic heterocycles. The van der Waals surface area contributed by atoms with Gasteiger partial charge in [0.15, 0.2) is 5.69 Å². The molecule has 2 N–H and O–H groups in total. The van der Waals surface area contributed by atoms with E-state index in [0.717, 1.165) is 41.8 Å². The predicted molar refractivity (Wildman–Crippen MR) is 141 cm³/mol. The maximum absolute atomic E-state index is 12.5. The Hall–Kier alpha value is -2.90. The molecule has 1 aliphatic carbocycles. The molecule has 35 heavy (non-hydrogen) atoms. The highest BCUT2D eigenvalue weighted by molar-refractivity contribution is 7.28. The lowest BCUT2D eigenvalue weighted by Gasteiger charge is -2.16. The minimum Gasteiger partial charge on any atom is -0.481 e. The molecule has 5 rings (SSSR count). The van der Waals surface area contributed by atoms with E-state index in [9.17, 15) is 14.7 Å². The average molecular weight is 543 g/mol. The van der Waals surface area contributed by atoms with Gasteiger partial charge in [-0.05, 0) is 73.3 Å². The molecule has 0 bridgehead atoms. The van der Waals surface area contributed by atoms with Crippen molar-refractivity contribution in [2.24, 2.45) is 0 Å². The molecule has 1 amide bonds. The Morgan fingerprint density at radius 2 is 1.94 bits per heavy atom. The van der Waals surface area contributed by atoms with Gasteiger partial charge in [0, 0.05) is 14.3 Å². The zero-order chi connectivity index (χ0) is 24.7. The molecule has 0 aliphatic heterocycles. The number of halogens is 1.